The quantitative estimate of drug-likeness (QED) is 0.116. The molecule has 1 aliphatic rings. The van der Waals surface area contributed by atoms with Crippen LogP contribution in [0.4, 0.5) is 25.0 Å². The minimum Gasteiger partial charge on any atom is -0.444 e. The first-order chi connectivity index (χ1) is 28.5. The van der Waals surface area contributed by atoms with Crippen LogP contribution in [0.5, 0.6) is 0 Å². The molecule has 2 aromatic heterocycles. The average Bonchev–Trinajstić information content (AvgIpc) is 3.44. The maximum absolute atomic E-state index is 14.1. The van der Waals surface area contributed by atoms with Gasteiger partial charge in [0.2, 0.25) is 0 Å². The Morgan fingerprint density at radius 2 is 1.27 bits per heavy atom. The van der Waals surface area contributed by atoms with Gasteiger partial charge in [0.1, 0.15) is 46.0 Å². The molecule has 1 aliphatic heterocycles. The van der Waals surface area contributed by atoms with Crippen LogP contribution in [0.25, 0.3) is 21.9 Å². The number of carbonyl (C=O) groups is 4. The van der Waals surface area contributed by atoms with E-state index in [0.717, 1.165) is 27.2 Å². The van der Waals surface area contributed by atoms with Crippen molar-refractivity contribution in [1.29, 1.82) is 0 Å². The van der Waals surface area contributed by atoms with Gasteiger partial charge < -0.3 is 37.9 Å². The van der Waals surface area contributed by atoms with Gasteiger partial charge in [-0.1, -0.05) is 30.3 Å². The van der Waals surface area contributed by atoms with E-state index in [1.807, 2.05) is 50.5 Å². The molecule has 0 aliphatic carbocycles. The number of fused-ring (bicyclic) bond motifs is 4. The highest BCUT2D eigenvalue weighted by Crippen LogP contribution is 2.36. The Hall–Kier alpha value is -5.44. The predicted molar refractivity (Wildman–Crippen MR) is 236 cm³/mol. The third-order valence-corrected chi connectivity index (χ3v) is 9.23. The van der Waals surface area contributed by atoms with Gasteiger partial charge in [-0.05, 0) is 145 Å². The Morgan fingerprint density at radius 3 is 1.85 bits per heavy atom. The lowest BCUT2D eigenvalue weighted by Crippen LogP contribution is -2.44. The van der Waals surface area contributed by atoms with E-state index in [1.54, 1.807) is 81.1 Å². The number of carbonyl (C=O) groups excluding carboxylic acids is 4. The monoisotopic (exact) mass is 859 g/mol. The number of imidazole rings is 1. The lowest BCUT2D eigenvalue weighted by Gasteiger charge is -2.31. The summed E-state index contributed by atoms with van der Waals surface area (Å²) >= 11 is 0. The van der Waals surface area contributed by atoms with E-state index in [2.05, 4.69) is 18.2 Å². The highest BCUT2D eigenvalue weighted by Gasteiger charge is 2.38. The van der Waals surface area contributed by atoms with Crippen molar-refractivity contribution in [3.63, 3.8) is 0 Å². The zero-order valence-electron chi connectivity index (χ0n) is 39.2. The molecule has 3 amide bonds. The molecule has 15 heteroatoms. The number of hydrogen-bond donors (Lipinski definition) is 0. The highest BCUT2D eigenvalue weighted by atomic mass is 16.7. The molecule has 0 radical (unpaired) electrons. The zero-order valence-corrected chi connectivity index (χ0v) is 39.2. The topological polar surface area (TPSA) is 161 Å². The molecule has 0 saturated heterocycles. The molecule has 0 bridgehead atoms. The number of anilines is 1. The van der Waals surface area contributed by atoms with Gasteiger partial charge in [-0.2, -0.15) is 4.90 Å². The van der Waals surface area contributed by atoms with Crippen LogP contribution < -0.4 is 4.90 Å². The number of imide groups is 1. The van der Waals surface area contributed by atoms with Crippen LogP contribution in [-0.4, -0.2) is 85.0 Å². The van der Waals surface area contributed by atoms with Gasteiger partial charge in [0.05, 0.1) is 17.6 Å². The number of aromatic nitrogens is 3. The number of pyridine rings is 1. The van der Waals surface area contributed by atoms with Gasteiger partial charge in [0, 0.05) is 25.1 Å². The third-order valence-electron chi connectivity index (χ3n) is 9.23. The van der Waals surface area contributed by atoms with Gasteiger partial charge in [0.25, 0.3) is 0 Å². The maximum Gasteiger partial charge on any atom is 0.509 e. The van der Waals surface area contributed by atoms with E-state index in [0.29, 0.717) is 54.8 Å². The van der Waals surface area contributed by atoms with Crippen LogP contribution in [-0.2, 0) is 61.0 Å². The minimum atomic E-state index is -1.14. The molecule has 0 fully saturated rings. The van der Waals surface area contributed by atoms with Crippen molar-refractivity contribution in [3.05, 3.63) is 64.5 Å². The largest absolute Gasteiger partial charge is 0.509 e. The van der Waals surface area contributed by atoms with E-state index >= 15 is 0 Å². The van der Waals surface area contributed by atoms with Crippen LogP contribution in [0, 0.1) is 0 Å². The summed E-state index contributed by atoms with van der Waals surface area (Å²) < 4.78 is 36.4. The SMILES string of the molecule is CCOCc1nc2c(N(C(=O)OC(C)(C)C)C(=O)OC(C)(C)C)nc3cc(Cc4ccc5c(c4)CCN(C(=O)OC(C)(C)C)C5)ccc3c2n1CC(C)(C)OC(=O)OC(C)(C)C. The van der Waals surface area contributed by atoms with Gasteiger partial charge in [-0.15, -0.1) is 0 Å². The van der Waals surface area contributed by atoms with E-state index in [4.69, 9.17) is 38.4 Å². The number of rotatable bonds is 9. The lowest BCUT2D eigenvalue weighted by molar-refractivity contribution is -0.0584. The molecule has 0 atom stereocenters. The fourth-order valence-corrected chi connectivity index (χ4v) is 6.91. The van der Waals surface area contributed by atoms with Gasteiger partial charge in [-0.25, -0.2) is 29.1 Å². The lowest BCUT2D eigenvalue weighted by atomic mass is 9.94. The molecule has 338 valence electrons. The number of amides is 3. The van der Waals surface area contributed by atoms with Crippen molar-refractivity contribution >= 4 is 52.2 Å². The van der Waals surface area contributed by atoms with Crippen LogP contribution >= 0.6 is 0 Å². The second kappa shape index (κ2) is 17.7. The summed E-state index contributed by atoms with van der Waals surface area (Å²) in [7, 11) is 0. The fraction of sp³-hybridized carbons (Fsp3) is 0.574. The Kier molecular flexibility index (Phi) is 13.6. The molecule has 62 heavy (non-hydrogen) atoms. The predicted octanol–water partition coefficient (Wildman–Crippen LogP) is 10.4. The van der Waals surface area contributed by atoms with Gasteiger partial charge >= 0.3 is 24.4 Å². The fourth-order valence-electron chi connectivity index (χ4n) is 6.91. The van der Waals surface area contributed by atoms with E-state index in [-0.39, 0.29) is 30.6 Å². The molecule has 0 unspecified atom stereocenters. The standard InChI is InChI=1S/C47H65N5O10/c1-16-57-27-35-49-36-37(51(35)28-47(14,15)62-42(56)61-46(11,12)13)33-20-18-30(23-29-17-19-32-26-50(22-21-31(32)24-29)39(53)58-43(2,3)4)25-34(33)48-38(36)52(40(54)59-44(5,6)7)41(55)60-45(8,9)10/h17-20,24-25H,16,21-23,26-28H2,1-15H3. The maximum atomic E-state index is 14.1. The number of ether oxygens (including phenoxy) is 6. The van der Waals surface area contributed by atoms with Crippen LogP contribution in [0.15, 0.2) is 36.4 Å². The van der Waals surface area contributed by atoms with E-state index in [1.165, 1.54) is 0 Å². The minimum absolute atomic E-state index is 0.0550. The van der Waals surface area contributed by atoms with Crippen LogP contribution in [0.2, 0.25) is 0 Å². The second-order valence-electron chi connectivity index (χ2n) is 20.3. The second-order valence-corrected chi connectivity index (χ2v) is 20.3. The third kappa shape index (κ3) is 12.6. The van der Waals surface area contributed by atoms with Crippen molar-refractivity contribution in [2.24, 2.45) is 0 Å². The molecule has 5 rings (SSSR count). The Morgan fingerprint density at radius 1 is 0.694 bits per heavy atom. The molecule has 0 saturated carbocycles. The highest BCUT2D eigenvalue weighted by molar-refractivity contribution is 6.17. The number of nitrogens with zero attached hydrogens (tertiary/aromatic N) is 5. The number of benzene rings is 2. The van der Waals surface area contributed by atoms with E-state index in [9.17, 15) is 19.2 Å². The van der Waals surface area contributed by atoms with Gasteiger partial charge in [-0.3, -0.25) is 0 Å². The summed E-state index contributed by atoms with van der Waals surface area (Å²) in [6.07, 6.45) is -1.92. The van der Waals surface area contributed by atoms with Crippen molar-refractivity contribution in [2.45, 2.75) is 164 Å². The molecule has 0 N–H and O–H groups in total. The summed E-state index contributed by atoms with van der Waals surface area (Å²) in [6, 6.07) is 12.2. The zero-order chi connectivity index (χ0) is 46.2. The van der Waals surface area contributed by atoms with Crippen LogP contribution in [0.3, 0.4) is 0 Å². The first-order valence-corrected chi connectivity index (χ1v) is 21.2. The van der Waals surface area contributed by atoms with Crippen molar-refractivity contribution < 1.29 is 47.6 Å². The van der Waals surface area contributed by atoms with Crippen molar-refractivity contribution in [2.75, 3.05) is 18.1 Å². The van der Waals surface area contributed by atoms with Gasteiger partial charge in [0.15, 0.2) is 5.82 Å². The first-order valence-electron chi connectivity index (χ1n) is 21.2. The molecule has 0 spiro atoms. The molecular weight excluding hydrogens is 795 g/mol. The first kappa shape index (κ1) is 47.6. The van der Waals surface area contributed by atoms with Crippen molar-refractivity contribution in [3.8, 4) is 0 Å². The summed E-state index contributed by atoms with van der Waals surface area (Å²) in [4.78, 5) is 66.6. The molecular formula is C47H65N5O10. The summed E-state index contributed by atoms with van der Waals surface area (Å²) in [5.74, 6) is 0.341. The summed E-state index contributed by atoms with van der Waals surface area (Å²) in [5, 5.41) is 0.664. The Bertz CT molecular complexity index is 2290. The average molecular weight is 860 g/mol. The van der Waals surface area contributed by atoms with Crippen LogP contribution in [0.1, 0.15) is 132 Å². The molecule has 4 aromatic rings. The molecule has 2 aromatic carbocycles. The number of hydrogen-bond acceptors (Lipinski definition) is 12. The molecule has 15 nitrogen and oxygen atoms in total. The normalized spacial score (nSPS) is 13.8. The van der Waals surface area contributed by atoms with Crippen molar-refractivity contribution in [1.82, 2.24) is 19.4 Å². The smallest absolute Gasteiger partial charge is 0.444 e. The molecule has 3 heterocycles. The summed E-state index contributed by atoms with van der Waals surface area (Å²) in [6.45, 7) is 28.0. The Balaban J connectivity index is 1.67. The van der Waals surface area contributed by atoms with E-state index < -0.39 is 46.3 Å². The Labute approximate surface area is 365 Å². The summed E-state index contributed by atoms with van der Waals surface area (Å²) in [5.41, 5.74) is 0.936.